The first-order chi connectivity index (χ1) is 20.8. The van der Waals surface area contributed by atoms with Crippen LogP contribution in [0.3, 0.4) is 0 Å². The van der Waals surface area contributed by atoms with Crippen LogP contribution in [0.4, 0.5) is 13.2 Å². The lowest BCUT2D eigenvalue weighted by Crippen LogP contribution is -2.55. The Morgan fingerprint density at radius 1 is 0.841 bits per heavy atom. The molecule has 0 amide bonds. The van der Waals surface area contributed by atoms with Crippen LogP contribution in [0.5, 0.6) is 0 Å². The van der Waals surface area contributed by atoms with E-state index in [0.29, 0.717) is 5.56 Å². The molecule has 0 aliphatic carbocycles. The molecule has 236 valence electrons. The fourth-order valence-electron chi connectivity index (χ4n) is 3.79. The number of methoxy groups -OCH3 is 1. The van der Waals surface area contributed by atoms with E-state index in [0.717, 1.165) is 0 Å². The number of carbonyl (C=O) groups is 3. The van der Waals surface area contributed by atoms with Crippen molar-refractivity contribution in [2.45, 2.75) is 36.5 Å². The van der Waals surface area contributed by atoms with Gasteiger partial charge in [-0.3, -0.25) is 4.18 Å². The minimum atomic E-state index is -6.13. The standard InChI is InChI=1S/C22H21F3O9S.C7H6O2/c1-30-18-12-16(33-21(27)15-10-6-3-7-11-15)19(34-35(28,29)22(23,24)25)17(32-18)13-31-20(26)14-8-4-2-5-9-14;8-7(9)6-4-2-1-3-5-6/h2-11,16-19H,12-13H2,1H3;1-5H,(H,8,9). The van der Waals surface area contributed by atoms with Gasteiger partial charge in [0.2, 0.25) is 0 Å². The monoisotopic (exact) mass is 640 g/mol. The lowest BCUT2D eigenvalue weighted by molar-refractivity contribution is -0.244. The van der Waals surface area contributed by atoms with Crippen LogP contribution in [-0.2, 0) is 33.2 Å². The van der Waals surface area contributed by atoms with Crippen molar-refractivity contribution in [3.63, 3.8) is 0 Å². The predicted molar refractivity (Wildman–Crippen MR) is 146 cm³/mol. The maximum absolute atomic E-state index is 13.1. The molecule has 4 atom stereocenters. The second-order valence-electron chi connectivity index (χ2n) is 8.98. The zero-order valence-corrected chi connectivity index (χ0v) is 23.8. The first-order valence-electron chi connectivity index (χ1n) is 12.8. The van der Waals surface area contributed by atoms with Crippen molar-refractivity contribution in [3.8, 4) is 0 Å². The third-order valence-electron chi connectivity index (χ3n) is 5.95. The van der Waals surface area contributed by atoms with Gasteiger partial charge in [0.05, 0.1) is 16.7 Å². The molecule has 1 fully saturated rings. The molecule has 1 N–H and O–H groups in total. The van der Waals surface area contributed by atoms with Crippen molar-refractivity contribution in [1.29, 1.82) is 0 Å². The van der Waals surface area contributed by atoms with Gasteiger partial charge in [0, 0.05) is 13.5 Å². The molecule has 3 aromatic rings. The molecule has 11 nitrogen and oxygen atoms in total. The molecule has 4 rings (SSSR count). The van der Waals surface area contributed by atoms with Gasteiger partial charge in [-0.2, -0.15) is 21.6 Å². The summed E-state index contributed by atoms with van der Waals surface area (Å²) < 4.78 is 88.2. The van der Waals surface area contributed by atoms with Crippen molar-refractivity contribution in [3.05, 3.63) is 108 Å². The highest BCUT2D eigenvalue weighted by atomic mass is 32.2. The summed E-state index contributed by atoms with van der Waals surface area (Å²) in [6.45, 7) is -0.717. The number of aromatic carboxylic acids is 1. The number of rotatable bonds is 9. The number of halogens is 3. The highest BCUT2D eigenvalue weighted by Crippen LogP contribution is 2.33. The Morgan fingerprint density at radius 2 is 1.32 bits per heavy atom. The number of alkyl halides is 3. The maximum atomic E-state index is 13.1. The first-order valence-corrected chi connectivity index (χ1v) is 14.2. The van der Waals surface area contributed by atoms with E-state index in [1.807, 2.05) is 0 Å². The maximum Gasteiger partial charge on any atom is 0.523 e. The zero-order valence-electron chi connectivity index (χ0n) is 23.0. The van der Waals surface area contributed by atoms with Gasteiger partial charge in [0.25, 0.3) is 0 Å². The zero-order chi connectivity index (χ0) is 32.3. The molecule has 1 aliphatic heterocycles. The molecular weight excluding hydrogens is 613 g/mol. The average molecular weight is 641 g/mol. The van der Waals surface area contributed by atoms with E-state index in [1.165, 1.54) is 43.5 Å². The summed E-state index contributed by atoms with van der Waals surface area (Å²) in [4.78, 5) is 35.1. The molecule has 0 spiro atoms. The average Bonchev–Trinajstić information content (AvgIpc) is 3.01. The van der Waals surface area contributed by atoms with E-state index in [4.69, 9.17) is 24.1 Å². The molecule has 15 heteroatoms. The number of hydrogen-bond acceptors (Lipinski definition) is 10. The molecule has 0 bridgehead atoms. The van der Waals surface area contributed by atoms with Crippen LogP contribution in [-0.4, -0.2) is 75.3 Å². The summed E-state index contributed by atoms with van der Waals surface area (Å²) >= 11 is 0. The normalized spacial score (nSPS) is 20.0. The lowest BCUT2D eigenvalue weighted by Gasteiger charge is -2.39. The Morgan fingerprint density at radius 3 is 1.75 bits per heavy atom. The van der Waals surface area contributed by atoms with E-state index >= 15 is 0 Å². The molecule has 1 saturated heterocycles. The fraction of sp³-hybridized carbons (Fsp3) is 0.276. The smallest absolute Gasteiger partial charge is 0.478 e. The Hall–Kier alpha value is -4.31. The van der Waals surface area contributed by atoms with Gasteiger partial charge < -0.3 is 24.1 Å². The first kappa shape index (κ1) is 34.2. The number of carboxylic acid groups (broad SMARTS) is 1. The van der Waals surface area contributed by atoms with E-state index in [-0.39, 0.29) is 17.5 Å². The Kier molecular flexibility index (Phi) is 12.0. The van der Waals surface area contributed by atoms with E-state index in [9.17, 15) is 36.0 Å². The SMILES string of the molecule is COC1CC(OC(=O)c2ccccc2)C(OS(=O)(=O)C(F)(F)F)C(COC(=O)c2ccccc2)O1.O=C(O)c1ccccc1. The number of benzene rings is 3. The summed E-state index contributed by atoms with van der Waals surface area (Å²) in [5.41, 5.74) is -5.22. The molecule has 3 aromatic carbocycles. The molecule has 4 unspecified atom stereocenters. The van der Waals surface area contributed by atoms with Gasteiger partial charge >= 0.3 is 33.5 Å². The topological polar surface area (TPSA) is 152 Å². The summed E-state index contributed by atoms with van der Waals surface area (Å²) in [6.07, 6.45) is -6.62. The van der Waals surface area contributed by atoms with Gasteiger partial charge in [0.15, 0.2) is 6.29 Å². The van der Waals surface area contributed by atoms with Crippen LogP contribution >= 0.6 is 0 Å². The molecule has 44 heavy (non-hydrogen) atoms. The second kappa shape index (κ2) is 15.4. The van der Waals surface area contributed by atoms with Gasteiger partial charge in [-0.1, -0.05) is 54.6 Å². The van der Waals surface area contributed by atoms with Crippen LogP contribution in [0.15, 0.2) is 91.0 Å². The molecule has 0 radical (unpaired) electrons. The van der Waals surface area contributed by atoms with Gasteiger partial charge in [0.1, 0.15) is 24.9 Å². The summed E-state index contributed by atoms with van der Waals surface area (Å²) in [7, 11) is -4.91. The van der Waals surface area contributed by atoms with Crippen molar-refractivity contribution in [1.82, 2.24) is 0 Å². The van der Waals surface area contributed by atoms with Crippen LogP contribution in [0.1, 0.15) is 37.5 Å². The predicted octanol–water partition coefficient (Wildman–Crippen LogP) is 4.45. The van der Waals surface area contributed by atoms with Crippen molar-refractivity contribution in [2.24, 2.45) is 0 Å². The van der Waals surface area contributed by atoms with Crippen molar-refractivity contribution < 1.29 is 64.2 Å². The number of hydrogen-bond donors (Lipinski definition) is 1. The van der Waals surface area contributed by atoms with Crippen LogP contribution in [0.25, 0.3) is 0 Å². The fourth-order valence-corrected chi connectivity index (χ4v) is 4.44. The van der Waals surface area contributed by atoms with Gasteiger partial charge in [-0.15, -0.1) is 0 Å². The van der Waals surface area contributed by atoms with Gasteiger partial charge in [-0.05, 0) is 36.4 Å². The molecule has 1 aliphatic rings. The minimum absolute atomic E-state index is 0.0671. The van der Waals surface area contributed by atoms with E-state index < -0.39 is 64.7 Å². The van der Waals surface area contributed by atoms with Crippen molar-refractivity contribution in [2.75, 3.05) is 13.7 Å². The largest absolute Gasteiger partial charge is 0.523 e. The van der Waals surface area contributed by atoms with Crippen molar-refractivity contribution >= 4 is 28.0 Å². The molecule has 0 saturated carbocycles. The number of carbonyl (C=O) groups excluding carboxylic acids is 2. The summed E-state index contributed by atoms with van der Waals surface area (Å²) in [5, 5.41) is 8.38. The highest BCUT2D eigenvalue weighted by molar-refractivity contribution is 7.87. The second-order valence-corrected chi connectivity index (χ2v) is 10.5. The lowest BCUT2D eigenvalue weighted by atomic mass is 10.0. The third kappa shape index (κ3) is 9.60. The number of ether oxygens (including phenoxy) is 4. The van der Waals surface area contributed by atoms with Crippen LogP contribution < -0.4 is 0 Å². The summed E-state index contributed by atoms with van der Waals surface area (Å²) in [5.74, 6) is -2.66. The Bertz CT molecular complexity index is 1490. The van der Waals surface area contributed by atoms with E-state index in [1.54, 1.807) is 54.6 Å². The number of esters is 2. The molecular formula is C29H27F3O11S. The minimum Gasteiger partial charge on any atom is -0.478 e. The molecule has 0 aromatic heterocycles. The third-order valence-corrected chi connectivity index (χ3v) is 6.99. The Balaban J connectivity index is 0.000000502. The summed E-state index contributed by atoms with van der Waals surface area (Å²) in [6, 6.07) is 23.5. The Labute approximate surface area is 250 Å². The molecule has 1 heterocycles. The van der Waals surface area contributed by atoms with E-state index in [2.05, 4.69) is 4.18 Å². The van der Waals surface area contributed by atoms with Crippen LogP contribution in [0.2, 0.25) is 0 Å². The van der Waals surface area contributed by atoms with Crippen LogP contribution in [0, 0.1) is 0 Å². The highest BCUT2D eigenvalue weighted by Gasteiger charge is 2.53. The number of carboxylic acids is 1. The quantitative estimate of drug-likeness (QED) is 0.201. The van der Waals surface area contributed by atoms with Gasteiger partial charge in [-0.25, -0.2) is 14.4 Å².